The molecule has 0 heteroatoms. The van der Waals surface area contributed by atoms with Gasteiger partial charge in [0.2, 0.25) is 0 Å². The molecule has 0 fully saturated rings. The zero-order chi connectivity index (χ0) is 8.10. The molecule has 0 aliphatic heterocycles. The molecule has 0 atom stereocenters. The molecule has 1 aromatic rings. The van der Waals surface area contributed by atoms with Crippen LogP contribution in [-0.2, 0) is 6.42 Å². The molecule has 0 amide bonds. The second-order valence-corrected chi connectivity index (χ2v) is 3.09. The van der Waals surface area contributed by atoms with Crippen LogP contribution in [0.5, 0.6) is 0 Å². The minimum absolute atomic E-state index is 1.23. The first kappa shape index (κ1) is 8.32. The van der Waals surface area contributed by atoms with Gasteiger partial charge in [-0.3, -0.25) is 0 Å². The van der Waals surface area contributed by atoms with Crippen molar-refractivity contribution in [1.82, 2.24) is 0 Å². The molecule has 11 heavy (non-hydrogen) atoms. The molecule has 60 valence electrons. The van der Waals surface area contributed by atoms with Gasteiger partial charge in [-0.15, -0.1) is 0 Å². The number of rotatable bonds is 3. The Labute approximate surface area is 69.3 Å². The Balaban J connectivity index is 2.56. The van der Waals surface area contributed by atoms with E-state index in [9.17, 15) is 0 Å². The van der Waals surface area contributed by atoms with Crippen LogP contribution in [0.3, 0.4) is 0 Å². The van der Waals surface area contributed by atoms with E-state index < -0.39 is 0 Å². The molecule has 0 spiro atoms. The van der Waals surface area contributed by atoms with Crippen molar-refractivity contribution in [2.24, 2.45) is 0 Å². The van der Waals surface area contributed by atoms with Gasteiger partial charge >= 0.3 is 0 Å². The maximum atomic E-state index is 2.27. The molecular formula is C11H16. The van der Waals surface area contributed by atoms with Crippen molar-refractivity contribution < 1.29 is 0 Å². The minimum atomic E-state index is 1.23. The van der Waals surface area contributed by atoms with Gasteiger partial charge in [0.25, 0.3) is 0 Å². The molecule has 0 aromatic heterocycles. The number of benzene rings is 1. The van der Waals surface area contributed by atoms with Crippen molar-refractivity contribution in [3.63, 3.8) is 0 Å². The topological polar surface area (TPSA) is 0 Å². The van der Waals surface area contributed by atoms with Crippen molar-refractivity contribution in [2.45, 2.75) is 33.1 Å². The largest absolute Gasteiger partial charge is 0.0654 e. The van der Waals surface area contributed by atoms with E-state index in [1.165, 1.54) is 30.4 Å². The lowest BCUT2D eigenvalue weighted by molar-refractivity contribution is 0.794. The van der Waals surface area contributed by atoms with Crippen LogP contribution in [0, 0.1) is 6.92 Å². The molecular weight excluding hydrogens is 132 g/mol. The van der Waals surface area contributed by atoms with E-state index in [0.717, 1.165) is 0 Å². The number of hydrogen-bond acceptors (Lipinski definition) is 0. The van der Waals surface area contributed by atoms with Crippen molar-refractivity contribution in [1.29, 1.82) is 0 Å². The Hall–Kier alpha value is -0.780. The molecule has 1 rings (SSSR count). The molecule has 0 N–H and O–H groups in total. The van der Waals surface area contributed by atoms with E-state index >= 15 is 0 Å². The normalized spacial score (nSPS) is 10.0. The van der Waals surface area contributed by atoms with Crippen molar-refractivity contribution in [3.05, 3.63) is 35.4 Å². The molecule has 0 aliphatic carbocycles. The summed E-state index contributed by atoms with van der Waals surface area (Å²) in [4.78, 5) is 0. The van der Waals surface area contributed by atoms with Gasteiger partial charge in [0.05, 0.1) is 0 Å². The van der Waals surface area contributed by atoms with Gasteiger partial charge in [-0.1, -0.05) is 43.2 Å². The molecule has 0 bridgehead atoms. The van der Waals surface area contributed by atoms with Crippen molar-refractivity contribution in [3.8, 4) is 0 Å². The quantitative estimate of drug-likeness (QED) is 0.616. The number of hydrogen-bond donors (Lipinski definition) is 0. The maximum absolute atomic E-state index is 2.27. The first-order chi connectivity index (χ1) is 5.33. The van der Waals surface area contributed by atoms with Gasteiger partial charge < -0.3 is 0 Å². The summed E-state index contributed by atoms with van der Waals surface area (Å²) in [5.41, 5.74) is 2.85. The lowest BCUT2D eigenvalue weighted by Gasteiger charge is -1.99. The SMILES string of the molecule is CCCCc1cccc(C)c1. The average molecular weight is 148 g/mol. The standard InChI is InChI=1S/C11H16/c1-3-4-7-11-8-5-6-10(2)9-11/h5-6,8-9H,3-4,7H2,1-2H3. The predicted octanol–water partition coefficient (Wildman–Crippen LogP) is 3.34. The molecule has 0 nitrogen and oxygen atoms in total. The molecule has 0 saturated heterocycles. The highest BCUT2D eigenvalue weighted by Gasteiger charge is 1.90. The van der Waals surface area contributed by atoms with E-state index in [1.807, 2.05) is 0 Å². The summed E-state index contributed by atoms with van der Waals surface area (Å²) in [6.07, 6.45) is 3.83. The van der Waals surface area contributed by atoms with Gasteiger partial charge in [-0.05, 0) is 25.3 Å². The smallest absolute Gasteiger partial charge is 0.0279 e. The maximum Gasteiger partial charge on any atom is -0.0279 e. The Morgan fingerprint density at radius 1 is 1.27 bits per heavy atom. The highest BCUT2D eigenvalue weighted by atomic mass is 14.0. The lowest BCUT2D eigenvalue weighted by Crippen LogP contribution is -1.84. The Morgan fingerprint density at radius 2 is 2.09 bits per heavy atom. The van der Waals surface area contributed by atoms with E-state index in [-0.39, 0.29) is 0 Å². The number of aryl methyl sites for hydroxylation is 2. The molecule has 0 aliphatic rings. The van der Waals surface area contributed by atoms with Gasteiger partial charge in [-0.2, -0.15) is 0 Å². The Kier molecular flexibility index (Phi) is 3.15. The summed E-state index contributed by atoms with van der Waals surface area (Å²) in [6, 6.07) is 8.77. The van der Waals surface area contributed by atoms with Crippen LogP contribution in [0.4, 0.5) is 0 Å². The third-order valence-electron chi connectivity index (χ3n) is 1.90. The first-order valence-corrected chi connectivity index (χ1v) is 4.38. The van der Waals surface area contributed by atoms with Gasteiger partial charge in [0, 0.05) is 0 Å². The van der Waals surface area contributed by atoms with Crippen molar-refractivity contribution >= 4 is 0 Å². The fraction of sp³-hybridized carbons (Fsp3) is 0.455. The van der Waals surface area contributed by atoms with Crippen LogP contribution in [-0.4, -0.2) is 0 Å². The monoisotopic (exact) mass is 148 g/mol. The van der Waals surface area contributed by atoms with E-state index in [1.54, 1.807) is 0 Å². The Morgan fingerprint density at radius 3 is 2.73 bits per heavy atom. The molecule has 0 radical (unpaired) electrons. The van der Waals surface area contributed by atoms with E-state index in [2.05, 4.69) is 38.1 Å². The van der Waals surface area contributed by atoms with E-state index in [4.69, 9.17) is 0 Å². The highest BCUT2D eigenvalue weighted by Crippen LogP contribution is 2.07. The van der Waals surface area contributed by atoms with Crippen LogP contribution >= 0.6 is 0 Å². The van der Waals surface area contributed by atoms with Gasteiger partial charge in [-0.25, -0.2) is 0 Å². The third-order valence-corrected chi connectivity index (χ3v) is 1.90. The fourth-order valence-electron chi connectivity index (χ4n) is 1.25. The predicted molar refractivity (Wildman–Crippen MR) is 49.8 cm³/mol. The van der Waals surface area contributed by atoms with Crippen LogP contribution in [0.1, 0.15) is 30.9 Å². The van der Waals surface area contributed by atoms with Crippen LogP contribution in [0.15, 0.2) is 24.3 Å². The second kappa shape index (κ2) is 4.17. The van der Waals surface area contributed by atoms with Gasteiger partial charge in [0.15, 0.2) is 0 Å². The van der Waals surface area contributed by atoms with Crippen LogP contribution < -0.4 is 0 Å². The zero-order valence-corrected chi connectivity index (χ0v) is 7.43. The summed E-state index contributed by atoms with van der Waals surface area (Å²) < 4.78 is 0. The molecule has 1 aromatic carbocycles. The van der Waals surface area contributed by atoms with Gasteiger partial charge in [0.1, 0.15) is 0 Å². The average Bonchev–Trinajstić information content (AvgIpc) is 2.01. The third kappa shape index (κ3) is 2.75. The summed E-state index contributed by atoms with van der Waals surface area (Å²) in [7, 11) is 0. The summed E-state index contributed by atoms with van der Waals surface area (Å²) in [6.45, 7) is 4.38. The lowest BCUT2D eigenvalue weighted by atomic mass is 10.1. The zero-order valence-electron chi connectivity index (χ0n) is 7.43. The number of unbranched alkanes of at least 4 members (excludes halogenated alkanes) is 1. The summed E-state index contributed by atoms with van der Waals surface area (Å²) in [5, 5.41) is 0. The highest BCUT2D eigenvalue weighted by molar-refractivity contribution is 5.22. The van der Waals surface area contributed by atoms with E-state index in [0.29, 0.717) is 0 Å². The first-order valence-electron chi connectivity index (χ1n) is 4.38. The fourth-order valence-corrected chi connectivity index (χ4v) is 1.25. The molecule has 0 unspecified atom stereocenters. The van der Waals surface area contributed by atoms with Crippen LogP contribution in [0.2, 0.25) is 0 Å². The van der Waals surface area contributed by atoms with Crippen LogP contribution in [0.25, 0.3) is 0 Å². The second-order valence-electron chi connectivity index (χ2n) is 3.09. The summed E-state index contributed by atoms with van der Waals surface area (Å²) >= 11 is 0. The Bertz CT molecular complexity index is 213. The van der Waals surface area contributed by atoms with Crippen molar-refractivity contribution in [2.75, 3.05) is 0 Å². The minimum Gasteiger partial charge on any atom is -0.0654 e. The molecule has 0 saturated carbocycles. The summed E-state index contributed by atoms with van der Waals surface area (Å²) in [5.74, 6) is 0. The molecule has 0 heterocycles.